The number of aryl methyl sites for hydroxylation is 2. The van der Waals surface area contributed by atoms with Crippen molar-refractivity contribution in [3.8, 4) is 6.07 Å². The zero-order chi connectivity index (χ0) is 19.8. The number of fused-ring (bicyclic) bond motifs is 1. The normalized spacial score (nSPS) is 22.5. The first-order valence-electron chi connectivity index (χ1n) is 10.3. The van der Waals surface area contributed by atoms with E-state index in [0.29, 0.717) is 30.8 Å². The molecule has 0 atom stereocenters. The van der Waals surface area contributed by atoms with Gasteiger partial charge in [-0.3, -0.25) is 4.79 Å². The van der Waals surface area contributed by atoms with Crippen LogP contribution in [0.1, 0.15) is 49.7 Å². The monoisotopic (exact) mass is 401 g/mol. The Labute approximate surface area is 167 Å². The van der Waals surface area contributed by atoms with Gasteiger partial charge in [-0.25, -0.2) is 8.42 Å². The van der Waals surface area contributed by atoms with E-state index in [1.807, 2.05) is 12.1 Å². The van der Waals surface area contributed by atoms with Crippen LogP contribution in [0.4, 0.5) is 0 Å². The summed E-state index contributed by atoms with van der Waals surface area (Å²) in [7, 11) is -3.55. The topological polar surface area (TPSA) is 81.5 Å². The van der Waals surface area contributed by atoms with E-state index in [1.165, 1.54) is 16.3 Å². The lowest BCUT2D eigenvalue weighted by molar-refractivity contribution is -0.140. The lowest BCUT2D eigenvalue weighted by Crippen LogP contribution is -2.53. The van der Waals surface area contributed by atoms with E-state index in [0.717, 1.165) is 37.7 Å². The van der Waals surface area contributed by atoms with Crippen molar-refractivity contribution in [2.45, 2.75) is 56.3 Å². The van der Waals surface area contributed by atoms with Gasteiger partial charge in [0.2, 0.25) is 15.9 Å². The van der Waals surface area contributed by atoms with Crippen LogP contribution >= 0.6 is 0 Å². The molecule has 1 amide bonds. The maximum atomic E-state index is 13.1. The van der Waals surface area contributed by atoms with Crippen LogP contribution in [0.2, 0.25) is 0 Å². The minimum atomic E-state index is -3.55. The summed E-state index contributed by atoms with van der Waals surface area (Å²) in [6.45, 7) is 1.28. The predicted octanol–water partition coefficient (Wildman–Crippen LogP) is 2.48. The first-order valence-corrected chi connectivity index (χ1v) is 11.7. The van der Waals surface area contributed by atoms with Crippen molar-refractivity contribution >= 4 is 15.9 Å². The van der Waals surface area contributed by atoms with Crippen molar-refractivity contribution in [1.29, 1.82) is 5.26 Å². The standard InChI is InChI=1S/C21H27N3O3S/c22-16-21(9-3-4-10-21)20(25)23-11-13-24(14-12-23)28(26,27)19-8-7-17-5-1-2-6-18(17)15-19/h7-8,15H,1-6,9-14H2. The maximum absolute atomic E-state index is 13.1. The second kappa shape index (κ2) is 7.49. The lowest BCUT2D eigenvalue weighted by atomic mass is 9.86. The number of nitriles is 1. The molecule has 0 N–H and O–H groups in total. The Hall–Kier alpha value is -1.91. The van der Waals surface area contributed by atoms with Crippen molar-refractivity contribution in [1.82, 2.24) is 9.21 Å². The van der Waals surface area contributed by atoms with E-state index in [2.05, 4.69) is 6.07 Å². The Kier molecular flexibility index (Phi) is 5.19. The second-order valence-corrected chi connectivity index (χ2v) is 10.2. The van der Waals surface area contributed by atoms with Gasteiger partial charge < -0.3 is 4.90 Å². The fourth-order valence-electron chi connectivity index (χ4n) is 4.81. The fraction of sp³-hybridized carbons (Fsp3) is 0.619. The first kappa shape index (κ1) is 19.4. The number of carbonyl (C=O) groups excluding carboxylic acids is 1. The van der Waals surface area contributed by atoms with E-state index >= 15 is 0 Å². The molecule has 150 valence electrons. The quantitative estimate of drug-likeness (QED) is 0.779. The van der Waals surface area contributed by atoms with Crippen molar-refractivity contribution in [3.05, 3.63) is 29.3 Å². The molecule has 1 saturated heterocycles. The molecule has 2 fully saturated rings. The van der Waals surface area contributed by atoms with Gasteiger partial charge in [-0.15, -0.1) is 0 Å². The summed E-state index contributed by atoms with van der Waals surface area (Å²) in [5.41, 5.74) is 1.52. The molecule has 3 aliphatic rings. The predicted molar refractivity (Wildman–Crippen MR) is 105 cm³/mol. The lowest BCUT2D eigenvalue weighted by Gasteiger charge is -2.37. The molecule has 1 aromatic rings. The summed E-state index contributed by atoms with van der Waals surface area (Å²) < 4.78 is 27.7. The zero-order valence-corrected chi connectivity index (χ0v) is 17.0. The van der Waals surface area contributed by atoms with Crippen molar-refractivity contribution in [2.24, 2.45) is 5.41 Å². The molecule has 0 radical (unpaired) electrons. The van der Waals surface area contributed by atoms with Crippen molar-refractivity contribution in [3.63, 3.8) is 0 Å². The molecule has 1 aromatic carbocycles. The van der Waals surface area contributed by atoms with Gasteiger partial charge in [-0.05, 0) is 61.8 Å². The Morgan fingerprint density at radius 3 is 2.25 bits per heavy atom. The highest BCUT2D eigenvalue weighted by Crippen LogP contribution is 2.39. The molecule has 0 unspecified atom stereocenters. The second-order valence-electron chi connectivity index (χ2n) is 8.23. The molecule has 1 saturated carbocycles. The van der Waals surface area contributed by atoms with Gasteiger partial charge in [0, 0.05) is 26.2 Å². The zero-order valence-electron chi connectivity index (χ0n) is 16.2. The maximum Gasteiger partial charge on any atom is 0.243 e. The molecule has 6 nitrogen and oxygen atoms in total. The third-order valence-electron chi connectivity index (χ3n) is 6.56. The number of carbonyl (C=O) groups is 1. The van der Waals surface area contributed by atoms with E-state index < -0.39 is 15.4 Å². The first-order chi connectivity index (χ1) is 13.5. The van der Waals surface area contributed by atoms with Gasteiger partial charge in [0.15, 0.2) is 0 Å². The van der Waals surface area contributed by atoms with Gasteiger partial charge in [0.1, 0.15) is 5.41 Å². The minimum absolute atomic E-state index is 0.113. The van der Waals surface area contributed by atoms with Gasteiger partial charge in [0.25, 0.3) is 0 Å². The number of sulfonamides is 1. The van der Waals surface area contributed by atoms with Gasteiger partial charge in [-0.1, -0.05) is 18.9 Å². The summed E-state index contributed by atoms with van der Waals surface area (Å²) >= 11 is 0. The molecule has 0 bridgehead atoms. The Bertz CT molecular complexity index is 905. The molecule has 1 aliphatic heterocycles. The van der Waals surface area contributed by atoms with Crippen molar-refractivity contribution < 1.29 is 13.2 Å². The number of benzene rings is 1. The highest BCUT2D eigenvalue weighted by molar-refractivity contribution is 7.89. The van der Waals surface area contributed by atoms with Crippen LogP contribution in [-0.4, -0.2) is 49.7 Å². The number of rotatable bonds is 3. The van der Waals surface area contributed by atoms with E-state index in [4.69, 9.17) is 0 Å². The van der Waals surface area contributed by atoms with Gasteiger partial charge in [0.05, 0.1) is 11.0 Å². The highest BCUT2D eigenvalue weighted by Gasteiger charge is 2.45. The Morgan fingerprint density at radius 1 is 0.964 bits per heavy atom. The molecule has 4 rings (SSSR count). The summed E-state index contributed by atoms with van der Waals surface area (Å²) in [5, 5.41) is 9.54. The summed E-state index contributed by atoms with van der Waals surface area (Å²) in [4.78, 5) is 14.9. The number of amides is 1. The molecule has 0 spiro atoms. The summed E-state index contributed by atoms with van der Waals surface area (Å²) in [5.74, 6) is -0.113. The SMILES string of the molecule is N#CC1(C(=O)N2CCN(S(=O)(=O)c3ccc4c(c3)CCCC4)CC2)CCCC1. The largest absolute Gasteiger partial charge is 0.339 e. The minimum Gasteiger partial charge on any atom is -0.339 e. The number of piperazine rings is 1. The molecule has 0 aromatic heterocycles. The summed E-state index contributed by atoms with van der Waals surface area (Å²) in [6, 6.07) is 7.76. The van der Waals surface area contributed by atoms with Crippen LogP contribution in [0, 0.1) is 16.7 Å². The van der Waals surface area contributed by atoms with E-state index in [-0.39, 0.29) is 19.0 Å². The van der Waals surface area contributed by atoms with Crippen LogP contribution in [0.5, 0.6) is 0 Å². The van der Waals surface area contributed by atoms with Crippen LogP contribution in [0.3, 0.4) is 0 Å². The van der Waals surface area contributed by atoms with E-state index in [9.17, 15) is 18.5 Å². The molecular formula is C21H27N3O3S. The number of hydrogen-bond acceptors (Lipinski definition) is 4. The molecular weight excluding hydrogens is 374 g/mol. The van der Waals surface area contributed by atoms with Gasteiger partial charge in [-0.2, -0.15) is 9.57 Å². The van der Waals surface area contributed by atoms with E-state index in [1.54, 1.807) is 11.0 Å². The smallest absolute Gasteiger partial charge is 0.243 e. The average Bonchev–Trinajstić information content (AvgIpc) is 3.23. The molecule has 28 heavy (non-hydrogen) atoms. The van der Waals surface area contributed by atoms with Crippen LogP contribution in [-0.2, 0) is 27.7 Å². The molecule has 2 aliphatic carbocycles. The third kappa shape index (κ3) is 3.33. The highest BCUT2D eigenvalue weighted by atomic mass is 32.2. The number of nitrogens with zero attached hydrogens (tertiary/aromatic N) is 3. The summed E-state index contributed by atoms with van der Waals surface area (Å²) in [6.07, 6.45) is 7.30. The van der Waals surface area contributed by atoms with Crippen LogP contribution in [0.25, 0.3) is 0 Å². The third-order valence-corrected chi connectivity index (χ3v) is 8.46. The van der Waals surface area contributed by atoms with Crippen molar-refractivity contribution in [2.75, 3.05) is 26.2 Å². The Balaban J connectivity index is 1.46. The average molecular weight is 402 g/mol. The Morgan fingerprint density at radius 2 is 1.61 bits per heavy atom. The van der Waals surface area contributed by atoms with Gasteiger partial charge >= 0.3 is 0 Å². The fourth-order valence-corrected chi connectivity index (χ4v) is 6.28. The molecule has 7 heteroatoms. The number of hydrogen-bond donors (Lipinski definition) is 0. The molecule has 1 heterocycles. The van der Waals surface area contributed by atoms with Crippen LogP contribution < -0.4 is 0 Å². The van der Waals surface area contributed by atoms with Crippen LogP contribution in [0.15, 0.2) is 23.1 Å².